The molecule has 1 fully saturated rings. The lowest BCUT2D eigenvalue weighted by Crippen LogP contribution is -2.48. The Morgan fingerprint density at radius 3 is 2.63 bits per heavy atom. The number of aliphatic hydroxyl groups is 2. The molecule has 236 valence electrons. The van der Waals surface area contributed by atoms with Gasteiger partial charge in [0.05, 0.1) is 30.7 Å². The van der Waals surface area contributed by atoms with Crippen LogP contribution in [0.2, 0.25) is 0 Å². The number of fused-ring (bicyclic) bond motifs is 1. The fraction of sp³-hybridized carbons (Fsp3) is 0.613. The second-order valence-corrected chi connectivity index (χ2v) is 12.0. The minimum Gasteiger partial charge on any atom is -0.457 e. The molecule has 2 aliphatic rings. The van der Waals surface area contributed by atoms with Crippen molar-refractivity contribution >= 4 is 29.2 Å². The number of hydrogen-bond donors (Lipinski definition) is 2. The predicted octanol–water partition coefficient (Wildman–Crippen LogP) is 3.56. The number of benzene rings is 1. The molecule has 2 aromatic rings. The van der Waals surface area contributed by atoms with E-state index in [2.05, 4.69) is 15.2 Å². The fourth-order valence-electron chi connectivity index (χ4n) is 5.48. The number of aromatic nitrogens is 3. The monoisotopic (exact) mass is 601 g/mol. The van der Waals surface area contributed by atoms with Gasteiger partial charge < -0.3 is 29.5 Å². The summed E-state index contributed by atoms with van der Waals surface area (Å²) in [5.74, 6) is -1.50. The zero-order chi connectivity index (χ0) is 31.3. The van der Waals surface area contributed by atoms with Gasteiger partial charge in [0.15, 0.2) is 5.82 Å². The van der Waals surface area contributed by atoms with E-state index in [-0.39, 0.29) is 36.5 Å². The molecule has 6 atom stereocenters. The molecule has 0 aliphatic carbocycles. The first kappa shape index (κ1) is 32.6. The first-order valence-electron chi connectivity index (χ1n) is 15.0. The number of carbonyl (C=O) groups excluding carboxylic acids is 2. The van der Waals surface area contributed by atoms with E-state index in [1.807, 2.05) is 33.0 Å². The molecule has 0 saturated carbocycles. The van der Waals surface area contributed by atoms with Gasteiger partial charge in [-0.25, -0.2) is 13.9 Å². The van der Waals surface area contributed by atoms with E-state index in [9.17, 15) is 24.2 Å². The maximum atomic E-state index is 15.0. The largest absolute Gasteiger partial charge is 0.457 e. The first-order chi connectivity index (χ1) is 20.5. The van der Waals surface area contributed by atoms with Gasteiger partial charge in [-0.05, 0) is 69.0 Å². The van der Waals surface area contributed by atoms with Crippen LogP contribution in [0.4, 0.5) is 9.18 Å². The van der Waals surface area contributed by atoms with Crippen LogP contribution in [0.1, 0.15) is 58.6 Å². The van der Waals surface area contributed by atoms with Crippen molar-refractivity contribution in [1.29, 1.82) is 0 Å². The molecule has 0 radical (unpaired) electrons. The number of ether oxygens (including phenoxy) is 2. The highest BCUT2D eigenvalue weighted by Gasteiger charge is 2.29. The van der Waals surface area contributed by atoms with E-state index in [0.29, 0.717) is 42.6 Å². The Balaban J connectivity index is 1.61. The lowest BCUT2D eigenvalue weighted by atomic mass is 9.91. The number of piperazine rings is 1. The normalized spacial score (nSPS) is 28.1. The van der Waals surface area contributed by atoms with Gasteiger partial charge in [0.25, 0.3) is 0 Å². The van der Waals surface area contributed by atoms with Gasteiger partial charge in [0.2, 0.25) is 0 Å². The summed E-state index contributed by atoms with van der Waals surface area (Å²) in [5.41, 5.74) is 1.71. The molecule has 43 heavy (non-hydrogen) atoms. The maximum Gasteiger partial charge on any atom is 0.410 e. The van der Waals surface area contributed by atoms with Crippen LogP contribution < -0.4 is 0 Å². The Morgan fingerprint density at radius 2 is 1.93 bits per heavy atom. The highest BCUT2D eigenvalue weighted by atomic mass is 19.1. The van der Waals surface area contributed by atoms with E-state index in [0.717, 1.165) is 13.1 Å². The number of hydrogen-bond acceptors (Lipinski definition) is 9. The zero-order valence-corrected chi connectivity index (χ0v) is 25.6. The van der Waals surface area contributed by atoms with E-state index in [1.54, 1.807) is 30.9 Å². The lowest BCUT2D eigenvalue weighted by molar-refractivity contribution is -0.151. The summed E-state index contributed by atoms with van der Waals surface area (Å²) in [4.78, 5) is 29.7. The summed E-state index contributed by atoms with van der Waals surface area (Å²) in [6.07, 6.45) is 3.71. The van der Waals surface area contributed by atoms with Crippen molar-refractivity contribution in [3.05, 3.63) is 41.2 Å². The standard InChI is InChI=1S/C31H44FN5O6/c1-19-6-8-24(39)17-28(40)43-30(20(2)7-9-27(19)42-31(41)36-12-10-35(5)11-13-36)21(3)14-23-15-25(32)29-26(16-23)37(34-33-29)22(4)18-38/h7,9,14-16,19-20,22,24,27,30,38-39H,6,8,10-13,17-18H2,1-5H3/b9-7-,21-14+/t19-,20+,22+,24+,27+,30+/m1/s1. The zero-order valence-electron chi connectivity index (χ0n) is 25.6. The summed E-state index contributed by atoms with van der Waals surface area (Å²) in [6.45, 7) is 9.99. The molecular weight excluding hydrogens is 557 g/mol. The third-order valence-corrected chi connectivity index (χ3v) is 8.34. The number of nitrogens with zero attached hydrogens (tertiary/aromatic N) is 5. The minimum atomic E-state index is -0.898. The third kappa shape index (κ3) is 8.18. The number of esters is 1. The van der Waals surface area contributed by atoms with E-state index < -0.39 is 36.1 Å². The van der Waals surface area contributed by atoms with Crippen LogP contribution in [0.25, 0.3) is 17.1 Å². The number of likely N-dealkylation sites (N-methyl/N-ethyl adjacent to an activating group) is 1. The van der Waals surface area contributed by atoms with Crippen LogP contribution in [-0.2, 0) is 14.3 Å². The molecule has 0 spiro atoms. The highest BCUT2D eigenvalue weighted by Crippen LogP contribution is 2.27. The molecule has 1 saturated heterocycles. The lowest BCUT2D eigenvalue weighted by Gasteiger charge is -2.33. The van der Waals surface area contributed by atoms with E-state index in [4.69, 9.17) is 9.47 Å². The van der Waals surface area contributed by atoms with Crippen molar-refractivity contribution in [3.8, 4) is 0 Å². The van der Waals surface area contributed by atoms with Crippen LogP contribution in [0, 0.1) is 17.7 Å². The Labute approximate surface area is 251 Å². The first-order valence-corrected chi connectivity index (χ1v) is 15.0. The number of aliphatic hydroxyl groups excluding tert-OH is 2. The molecule has 0 bridgehead atoms. The van der Waals surface area contributed by atoms with Crippen LogP contribution in [0.5, 0.6) is 0 Å². The van der Waals surface area contributed by atoms with Crippen LogP contribution in [0.3, 0.4) is 0 Å². The fourth-order valence-corrected chi connectivity index (χ4v) is 5.48. The summed E-state index contributed by atoms with van der Waals surface area (Å²) in [7, 11) is 2.02. The average molecular weight is 602 g/mol. The predicted molar refractivity (Wildman–Crippen MR) is 159 cm³/mol. The van der Waals surface area contributed by atoms with Crippen LogP contribution >= 0.6 is 0 Å². The maximum absolute atomic E-state index is 15.0. The second-order valence-electron chi connectivity index (χ2n) is 12.0. The van der Waals surface area contributed by atoms with Gasteiger partial charge in [-0.15, -0.1) is 5.10 Å². The molecule has 1 aromatic carbocycles. The number of halogens is 1. The van der Waals surface area contributed by atoms with Gasteiger partial charge in [-0.2, -0.15) is 0 Å². The van der Waals surface area contributed by atoms with Crippen molar-refractivity contribution in [2.45, 2.75) is 71.3 Å². The van der Waals surface area contributed by atoms with Crippen molar-refractivity contribution < 1.29 is 33.7 Å². The smallest absolute Gasteiger partial charge is 0.410 e. The molecule has 11 nitrogen and oxygen atoms in total. The van der Waals surface area contributed by atoms with Crippen molar-refractivity contribution in [3.63, 3.8) is 0 Å². The highest BCUT2D eigenvalue weighted by molar-refractivity contribution is 5.79. The SMILES string of the molecule is C/C(=C\c1cc(F)c2nnn([C@@H](C)CO)c2c1)[C@H]1OC(=O)C[C@@H](O)CC[C@@H](C)[C@@H](OC(=O)N2CCN(C)CC2)/C=C\[C@@H]1C. The summed E-state index contributed by atoms with van der Waals surface area (Å²) < 4.78 is 28.3. The summed E-state index contributed by atoms with van der Waals surface area (Å²) in [6, 6.07) is 2.67. The van der Waals surface area contributed by atoms with Gasteiger partial charge in [0, 0.05) is 32.1 Å². The molecule has 2 N–H and O–H groups in total. The molecule has 0 unspecified atom stereocenters. The van der Waals surface area contributed by atoms with E-state index >= 15 is 0 Å². The van der Waals surface area contributed by atoms with Gasteiger partial charge in [-0.1, -0.05) is 31.2 Å². The second kappa shape index (κ2) is 14.4. The molecule has 1 aromatic heterocycles. The van der Waals surface area contributed by atoms with Gasteiger partial charge >= 0.3 is 12.1 Å². The topological polar surface area (TPSA) is 130 Å². The number of carbonyl (C=O) groups is 2. The summed E-state index contributed by atoms with van der Waals surface area (Å²) >= 11 is 0. The number of cyclic esters (lactones) is 1. The number of amides is 1. The quantitative estimate of drug-likeness (QED) is 0.390. The van der Waals surface area contributed by atoms with Crippen molar-refractivity contribution in [2.75, 3.05) is 39.8 Å². The molecule has 4 rings (SSSR count). The minimum absolute atomic E-state index is 0.0884. The van der Waals surface area contributed by atoms with Crippen LogP contribution in [0.15, 0.2) is 29.9 Å². The molecule has 2 aliphatic heterocycles. The van der Waals surface area contributed by atoms with Crippen molar-refractivity contribution in [2.24, 2.45) is 11.8 Å². The molecular formula is C31H44FN5O6. The van der Waals surface area contributed by atoms with E-state index in [1.165, 1.54) is 10.7 Å². The Hall–Kier alpha value is -3.35. The number of rotatable bonds is 5. The molecule has 1 amide bonds. The molecule has 3 heterocycles. The molecule has 12 heteroatoms. The van der Waals surface area contributed by atoms with Crippen LogP contribution in [-0.4, -0.2) is 105 Å². The van der Waals surface area contributed by atoms with Gasteiger partial charge in [0.1, 0.15) is 17.7 Å². The Morgan fingerprint density at radius 1 is 1.21 bits per heavy atom. The third-order valence-electron chi connectivity index (χ3n) is 8.34. The van der Waals surface area contributed by atoms with Gasteiger partial charge in [-0.3, -0.25) is 4.79 Å². The average Bonchev–Trinajstić information content (AvgIpc) is 3.40. The van der Waals surface area contributed by atoms with Crippen molar-refractivity contribution in [1.82, 2.24) is 24.8 Å². The summed E-state index contributed by atoms with van der Waals surface area (Å²) in [5, 5.41) is 28.1. The Bertz CT molecular complexity index is 1340. The Kier molecular flexibility index (Phi) is 10.9.